The summed E-state index contributed by atoms with van der Waals surface area (Å²) in [5, 5.41) is 3.96. The normalized spacial score (nSPS) is 10.4. The third-order valence-corrected chi connectivity index (χ3v) is 4.72. The lowest BCUT2D eigenvalue weighted by atomic mass is 10.2. The Labute approximate surface area is 120 Å². The number of aryl methyl sites for hydroxylation is 2. The van der Waals surface area contributed by atoms with E-state index >= 15 is 0 Å². The van der Waals surface area contributed by atoms with E-state index in [1.165, 1.54) is 16.0 Å². The molecule has 0 amide bonds. The van der Waals surface area contributed by atoms with Crippen molar-refractivity contribution in [3.05, 3.63) is 40.1 Å². The fraction of sp³-hybridized carbons (Fsp3) is 0.231. The van der Waals surface area contributed by atoms with Crippen molar-refractivity contribution in [2.45, 2.75) is 23.8 Å². The number of anilines is 1. The molecule has 0 saturated heterocycles. The second kappa shape index (κ2) is 5.71. The van der Waals surface area contributed by atoms with E-state index < -0.39 is 0 Å². The van der Waals surface area contributed by atoms with Crippen molar-refractivity contribution in [1.82, 2.24) is 9.97 Å². The van der Waals surface area contributed by atoms with Crippen LogP contribution >= 0.6 is 27.7 Å². The van der Waals surface area contributed by atoms with Gasteiger partial charge in [-0.2, -0.15) is 0 Å². The van der Waals surface area contributed by atoms with Crippen LogP contribution in [0.15, 0.2) is 38.9 Å². The molecule has 1 aromatic carbocycles. The zero-order valence-electron chi connectivity index (χ0n) is 10.5. The van der Waals surface area contributed by atoms with E-state index in [9.17, 15) is 0 Å². The first kappa shape index (κ1) is 13.4. The van der Waals surface area contributed by atoms with Crippen molar-refractivity contribution in [1.29, 1.82) is 0 Å². The van der Waals surface area contributed by atoms with E-state index in [2.05, 4.69) is 63.3 Å². The maximum Gasteiger partial charge on any atom is 0.144 e. The molecule has 1 aromatic heterocycles. The predicted molar refractivity (Wildman–Crippen MR) is 79.3 cm³/mol. The quantitative estimate of drug-likeness (QED) is 0.865. The van der Waals surface area contributed by atoms with E-state index in [1.807, 2.05) is 7.05 Å². The van der Waals surface area contributed by atoms with Crippen LogP contribution in [-0.4, -0.2) is 17.0 Å². The summed E-state index contributed by atoms with van der Waals surface area (Å²) in [6.45, 7) is 4.20. The van der Waals surface area contributed by atoms with Crippen LogP contribution in [0.1, 0.15) is 11.1 Å². The number of nitrogens with one attached hydrogen (secondary N) is 1. The predicted octanol–water partition coefficient (Wildman–Crippen LogP) is 4.05. The van der Waals surface area contributed by atoms with Gasteiger partial charge in [0.25, 0.3) is 0 Å². The average Bonchev–Trinajstić information content (AvgIpc) is 2.36. The van der Waals surface area contributed by atoms with Gasteiger partial charge in [0.2, 0.25) is 0 Å². The molecule has 1 N–H and O–H groups in total. The summed E-state index contributed by atoms with van der Waals surface area (Å²) in [5.41, 5.74) is 2.50. The lowest BCUT2D eigenvalue weighted by Gasteiger charge is -2.09. The smallest absolute Gasteiger partial charge is 0.144 e. The summed E-state index contributed by atoms with van der Waals surface area (Å²) in [6.07, 6.45) is 1.57. The topological polar surface area (TPSA) is 37.8 Å². The molecule has 5 heteroatoms. The fourth-order valence-electron chi connectivity index (χ4n) is 1.52. The summed E-state index contributed by atoms with van der Waals surface area (Å²) in [4.78, 5) is 9.69. The van der Waals surface area contributed by atoms with Crippen LogP contribution in [-0.2, 0) is 0 Å². The van der Waals surface area contributed by atoms with E-state index in [-0.39, 0.29) is 0 Å². The number of benzene rings is 1. The molecule has 0 fully saturated rings. The van der Waals surface area contributed by atoms with Crippen LogP contribution in [0, 0.1) is 13.8 Å². The first-order valence-electron chi connectivity index (χ1n) is 5.55. The Morgan fingerprint density at radius 3 is 2.72 bits per heavy atom. The Morgan fingerprint density at radius 1 is 1.22 bits per heavy atom. The molecule has 0 atom stereocenters. The number of nitrogens with zero attached hydrogens (tertiary/aromatic N) is 2. The van der Waals surface area contributed by atoms with E-state index in [1.54, 1.807) is 18.1 Å². The number of rotatable bonds is 3. The third-order valence-electron chi connectivity index (χ3n) is 2.54. The van der Waals surface area contributed by atoms with Gasteiger partial charge in [0, 0.05) is 11.9 Å². The molecule has 0 aliphatic carbocycles. The molecule has 0 unspecified atom stereocenters. The summed E-state index contributed by atoms with van der Waals surface area (Å²) >= 11 is 5.18. The second-order valence-corrected chi connectivity index (χ2v) is 5.79. The number of hydrogen-bond acceptors (Lipinski definition) is 4. The monoisotopic (exact) mass is 323 g/mol. The molecule has 0 aliphatic rings. The minimum absolute atomic E-state index is 0.804. The zero-order valence-corrected chi connectivity index (χ0v) is 12.9. The summed E-state index contributed by atoms with van der Waals surface area (Å²) in [5.74, 6) is 0.804. The highest BCUT2D eigenvalue weighted by Crippen LogP contribution is 2.36. The van der Waals surface area contributed by atoms with E-state index in [0.717, 1.165) is 15.3 Å². The number of hydrogen-bond donors (Lipinski definition) is 1. The Morgan fingerprint density at radius 2 is 2.00 bits per heavy atom. The minimum Gasteiger partial charge on any atom is -0.372 e. The summed E-state index contributed by atoms with van der Waals surface area (Å²) in [7, 11) is 1.85. The molecule has 1 heterocycles. The van der Waals surface area contributed by atoms with E-state index in [0.29, 0.717) is 0 Å². The molecule has 2 rings (SSSR count). The van der Waals surface area contributed by atoms with Crippen molar-refractivity contribution >= 4 is 33.5 Å². The van der Waals surface area contributed by atoms with Crippen LogP contribution in [0.4, 0.5) is 5.82 Å². The van der Waals surface area contributed by atoms with Gasteiger partial charge in [-0.15, -0.1) is 0 Å². The molecule has 0 aliphatic heterocycles. The van der Waals surface area contributed by atoms with Gasteiger partial charge in [-0.25, -0.2) is 9.97 Å². The second-order valence-electron chi connectivity index (χ2n) is 3.96. The first-order valence-corrected chi connectivity index (χ1v) is 7.16. The molecule has 3 nitrogen and oxygen atoms in total. The van der Waals surface area contributed by atoms with Gasteiger partial charge >= 0.3 is 0 Å². The van der Waals surface area contributed by atoms with Gasteiger partial charge in [0.15, 0.2) is 0 Å². The van der Waals surface area contributed by atoms with Crippen LogP contribution in [0.2, 0.25) is 0 Å². The summed E-state index contributed by atoms with van der Waals surface area (Å²) < 4.78 is 0.901. The molecule has 0 spiro atoms. The average molecular weight is 324 g/mol. The van der Waals surface area contributed by atoms with Crippen molar-refractivity contribution in [3.8, 4) is 0 Å². The first-order chi connectivity index (χ1) is 8.61. The molecular formula is C13H14BrN3S. The van der Waals surface area contributed by atoms with Crippen LogP contribution in [0.3, 0.4) is 0 Å². The lowest BCUT2D eigenvalue weighted by Crippen LogP contribution is -1.96. The Balaban J connectivity index is 2.37. The Hall–Kier alpha value is -1.07. The maximum atomic E-state index is 4.32. The lowest BCUT2D eigenvalue weighted by molar-refractivity contribution is 1.02. The van der Waals surface area contributed by atoms with E-state index in [4.69, 9.17) is 0 Å². The largest absolute Gasteiger partial charge is 0.372 e. The third kappa shape index (κ3) is 2.84. The van der Waals surface area contributed by atoms with Gasteiger partial charge in [0.05, 0.1) is 4.47 Å². The van der Waals surface area contributed by atoms with Gasteiger partial charge in [0.1, 0.15) is 17.2 Å². The van der Waals surface area contributed by atoms with Crippen LogP contribution in [0.5, 0.6) is 0 Å². The standard InChI is InChI=1S/C13H14BrN3S/c1-8-4-5-9(2)10(6-8)18-13-11(14)12(15-3)16-7-17-13/h4-7H,1-3H3,(H,15,16,17). The maximum absolute atomic E-state index is 4.32. The molecule has 18 heavy (non-hydrogen) atoms. The van der Waals surface area contributed by atoms with Gasteiger partial charge in [-0.05, 0) is 47.0 Å². The molecule has 0 saturated carbocycles. The van der Waals surface area contributed by atoms with Crippen molar-refractivity contribution in [3.63, 3.8) is 0 Å². The SMILES string of the molecule is CNc1ncnc(Sc2cc(C)ccc2C)c1Br. The van der Waals surface area contributed by atoms with Crippen molar-refractivity contribution in [2.24, 2.45) is 0 Å². The van der Waals surface area contributed by atoms with Gasteiger partial charge in [-0.3, -0.25) is 0 Å². The molecule has 2 aromatic rings. The van der Waals surface area contributed by atoms with Crippen molar-refractivity contribution in [2.75, 3.05) is 12.4 Å². The highest BCUT2D eigenvalue weighted by Gasteiger charge is 2.10. The number of halogens is 1. The molecule has 0 radical (unpaired) electrons. The summed E-state index contributed by atoms with van der Waals surface area (Å²) in [6, 6.07) is 6.42. The Kier molecular flexibility index (Phi) is 4.24. The fourth-order valence-corrected chi connectivity index (χ4v) is 3.13. The van der Waals surface area contributed by atoms with Crippen molar-refractivity contribution < 1.29 is 0 Å². The highest BCUT2D eigenvalue weighted by atomic mass is 79.9. The highest BCUT2D eigenvalue weighted by molar-refractivity contribution is 9.10. The minimum atomic E-state index is 0.804. The zero-order chi connectivity index (χ0) is 13.1. The van der Waals surface area contributed by atoms with Crippen LogP contribution < -0.4 is 5.32 Å². The number of aromatic nitrogens is 2. The molecule has 94 valence electrons. The molecular weight excluding hydrogens is 310 g/mol. The van der Waals surface area contributed by atoms with Gasteiger partial charge in [-0.1, -0.05) is 23.9 Å². The van der Waals surface area contributed by atoms with Gasteiger partial charge < -0.3 is 5.32 Å². The van der Waals surface area contributed by atoms with Crippen LogP contribution in [0.25, 0.3) is 0 Å². The molecule has 0 bridgehead atoms. The Bertz CT molecular complexity index is 572.